The summed E-state index contributed by atoms with van der Waals surface area (Å²) in [4.78, 5) is 11.7. The first-order valence-electron chi connectivity index (χ1n) is 4.78. The number of carbonyl (C=O) groups is 1. The Morgan fingerprint density at radius 3 is 2.31 bits per heavy atom. The average molecular weight is 229 g/mol. The summed E-state index contributed by atoms with van der Waals surface area (Å²) in [7, 11) is 0. The Labute approximate surface area is 92.5 Å². The van der Waals surface area contributed by atoms with Gasteiger partial charge in [0.1, 0.15) is 11.3 Å². The monoisotopic (exact) mass is 229 g/mol. The first kappa shape index (κ1) is 12.7. The van der Waals surface area contributed by atoms with Gasteiger partial charge in [0.15, 0.2) is 0 Å². The van der Waals surface area contributed by atoms with E-state index in [1.54, 1.807) is 6.92 Å². The molecule has 1 heterocycles. The molecular weight excluding hydrogens is 214 g/mol. The van der Waals surface area contributed by atoms with E-state index in [1.165, 1.54) is 12.3 Å². The summed E-state index contributed by atoms with van der Waals surface area (Å²) in [5.74, 6) is -0.0800. The number of rotatable bonds is 5. The summed E-state index contributed by atoms with van der Waals surface area (Å²) in [6.07, 6.45) is 1.36. The molecule has 0 saturated carbocycles. The van der Waals surface area contributed by atoms with Crippen molar-refractivity contribution in [3.05, 3.63) is 23.7 Å². The molecule has 0 radical (unpaired) electrons. The Bertz CT molecular complexity index is 348. The molecule has 0 aliphatic rings. The Morgan fingerprint density at radius 2 is 1.94 bits per heavy atom. The highest BCUT2D eigenvalue weighted by Crippen LogP contribution is 2.11. The number of amides is 1. The number of aliphatic hydroxyl groups is 3. The fourth-order valence-electron chi connectivity index (χ4n) is 1.20. The Balaban J connectivity index is 2.81. The number of hydrogen-bond acceptors (Lipinski definition) is 5. The largest absolute Gasteiger partial charge is 0.469 e. The molecule has 16 heavy (non-hydrogen) atoms. The molecule has 1 amide bonds. The molecule has 1 aromatic heterocycles. The highest BCUT2D eigenvalue weighted by molar-refractivity contribution is 5.95. The third-order valence-corrected chi connectivity index (χ3v) is 2.39. The van der Waals surface area contributed by atoms with Crippen LogP contribution in [0.15, 0.2) is 16.7 Å². The number of carbonyl (C=O) groups excluding carboxylic acids is 1. The number of furan rings is 1. The maximum absolute atomic E-state index is 11.7. The summed E-state index contributed by atoms with van der Waals surface area (Å²) < 4.78 is 4.95. The third kappa shape index (κ3) is 2.41. The zero-order valence-corrected chi connectivity index (χ0v) is 8.93. The van der Waals surface area contributed by atoms with Gasteiger partial charge in [-0.1, -0.05) is 0 Å². The topological polar surface area (TPSA) is 103 Å². The van der Waals surface area contributed by atoms with Crippen LogP contribution in [0.3, 0.4) is 0 Å². The lowest BCUT2D eigenvalue weighted by Crippen LogP contribution is -2.57. The second kappa shape index (κ2) is 5.11. The van der Waals surface area contributed by atoms with Gasteiger partial charge in [-0.2, -0.15) is 0 Å². The quantitative estimate of drug-likeness (QED) is 0.520. The lowest BCUT2D eigenvalue weighted by Gasteiger charge is -2.28. The van der Waals surface area contributed by atoms with Crippen molar-refractivity contribution in [1.82, 2.24) is 5.32 Å². The summed E-state index contributed by atoms with van der Waals surface area (Å²) >= 11 is 0. The summed E-state index contributed by atoms with van der Waals surface area (Å²) in [6, 6.07) is 1.47. The Kier molecular flexibility index (Phi) is 4.05. The van der Waals surface area contributed by atoms with Crippen molar-refractivity contribution in [2.45, 2.75) is 12.5 Å². The van der Waals surface area contributed by atoms with Crippen molar-refractivity contribution in [3.8, 4) is 0 Å². The molecule has 0 aliphatic carbocycles. The van der Waals surface area contributed by atoms with Gasteiger partial charge >= 0.3 is 0 Å². The van der Waals surface area contributed by atoms with Gasteiger partial charge in [-0.15, -0.1) is 0 Å². The molecule has 90 valence electrons. The third-order valence-electron chi connectivity index (χ3n) is 2.39. The second-order valence-electron chi connectivity index (χ2n) is 3.60. The van der Waals surface area contributed by atoms with E-state index in [9.17, 15) is 4.79 Å². The van der Waals surface area contributed by atoms with Crippen molar-refractivity contribution in [2.75, 3.05) is 19.8 Å². The Morgan fingerprint density at radius 1 is 1.38 bits per heavy atom. The molecule has 0 spiro atoms. The van der Waals surface area contributed by atoms with Crippen LogP contribution in [-0.4, -0.2) is 46.6 Å². The van der Waals surface area contributed by atoms with Gasteiger partial charge in [0.2, 0.25) is 0 Å². The highest BCUT2D eigenvalue weighted by atomic mass is 16.3. The van der Waals surface area contributed by atoms with Crippen LogP contribution in [0.2, 0.25) is 0 Å². The minimum absolute atomic E-state index is 0.305. The molecule has 0 saturated heterocycles. The summed E-state index contributed by atoms with van der Waals surface area (Å²) in [5.41, 5.74) is -1.11. The molecule has 0 atom stereocenters. The first-order valence-corrected chi connectivity index (χ1v) is 4.78. The average Bonchev–Trinajstić information content (AvgIpc) is 2.72. The van der Waals surface area contributed by atoms with Gasteiger partial charge in [-0.3, -0.25) is 4.79 Å². The molecule has 6 heteroatoms. The van der Waals surface area contributed by atoms with Crippen LogP contribution in [0.25, 0.3) is 0 Å². The van der Waals surface area contributed by atoms with Crippen LogP contribution in [0.1, 0.15) is 16.1 Å². The molecule has 0 fully saturated rings. The zero-order valence-electron chi connectivity index (χ0n) is 8.93. The molecule has 4 N–H and O–H groups in total. The van der Waals surface area contributed by atoms with Crippen LogP contribution in [0.5, 0.6) is 0 Å². The van der Waals surface area contributed by atoms with Gasteiger partial charge in [0, 0.05) is 0 Å². The van der Waals surface area contributed by atoms with Gasteiger partial charge in [-0.25, -0.2) is 0 Å². The van der Waals surface area contributed by atoms with Crippen molar-refractivity contribution >= 4 is 5.91 Å². The van der Waals surface area contributed by atoms with Crippen molar-refractivity contribution in [3.63, 3.8) is 0 Å². The summed E-state index contributed by atoms with van der Waals surface area (Å²) in [5, 5.41) is 29.5. The van der Waals surface area contributed by atoms with Crippen LogP contribution in [0, 0.1) is 6.92 Å². The number of aliphatic hydroxyl groups excluding tert-OH is 3. The van der Waals surface area contributed by atoms with Crippen LogP contribution in [0.4, 0.5) is 0 Å². The van der Waals surface area contributed by atoms with Gasteiger partial charge in [0.25, 0.3) is 5.91 Å². The van der Waals surface area contributed by atoms with E-state index in [0.717, 1.165) is 0 Å². The van der Waals surface area contributed by atoms with Gasteiger partial charge in [-0.05, 0) is 13.0 Å². The van der Waals surface area contributed by atoms with E-state index in [2.05, 4.69) is 5.32 Å². The van der Waals surface area contributed by atoms with E-state index >= 15 is 0 Å². The molecule has 0 unspecified atom stereocenters. The van der Waals surface area contributed by atoms with Crippen LogP contribution >= 0.6 is 0 Å². The minimum atomic E-state index is -1.42. The number of hydrogen-bond donors (Lipinski definition) is 4. The number of aryl methyl sites for hydroxylation is 1. The van der Waals surface area contributed by atoms with Crippen LogP contribution < -0.4 is 5.32 Å². The fourth-order valence-corrected chi connectivity index (χ4v) is 1.20. The van der Waals surface area contributed by atoms with Crippen molar-refractivity contribution < 1.29 is 24.5 Å². The van der Waals surface area contributed by atoms with Gasteiger partial charge in [0.05, 0.1) is 31.6 Å². The van der Waals surface area contributed by atoms with E-state index in [0.29, 0.717) is 11.3 Å². The molecule has 1 aromatic rings. The number of nitrogens with one attached hydrogen (secondary N) is 1. The molecular formula is C10H15NO5. The Hall–Kier alpha value is -1.37. The predicted octanol–water partition coefficient (Wildman–Crippen LogP) is -0.966. The van der Waals surface area contributed by atoms with E-state index < -0.39 is 31.3 Å². The summed E-state index contributed by atoms with van der Waals surface area (Å²) in [6.45, 7) is -0.0403. The molecule has 0 bridgehead atoms. The molecule has 0 aliphatic heterocycles. The maximum atomic E-state index is 11.7. The highest BCUT2D eigenvalue weighted by Gasteiger charge is 2.31. The SMILES string of the molecule is Cc1occc1C(=O)NC(CO)(CO)CO. The standard InChI is InChI=1S/C10H15NO5/c1-7-8(2-3-16-7)9(15)11-10(4-12,5-13)6-14/h2-3,12-14H,4-6H2,1H3,(H,11,15). The van der Waals surface area contributed by atoms with E-state index in [4.69, 9.17) is 19.7 Å². The van der Waals surface area contributed by atoms with Crippen LogP contribution in [-0.2, 0) is 0 Å². The first-order chi connectivity index (χ1) is 7.58. The van der Waals surface area contributed by atoms with Crippen molar-refractivity contribution in [2.24, 2.45) is 0 Å². The zero-order chi connectivity index (χ0) is 12.2. The smallest absolute Gasteiger partial charge is 0.255 e. The lowest BCUT2D eigenvalue weighted by molar-refractivity contribution is 0.0374. The normalized spacial score (nSPS) is 11.5. The minimum Gasteiger partial charge on any atom is -0.469 e. The molecule has 6 nitrogen and oxygen atoms in total. The fraction of sp³-hybridized carbons (Fsp3) is 0.500. The lowest BCUT2D eigenvalue weighted by atomic mass is 10.0. The second-order valence-corrected chi connectivity index (χ2v) is 3.60. The van der Waals surface area contributed by atoms with Gasteiger partial charge < -0.3 is 25.1 Å². The maximum Gasteiger partial charge on any atom is 0.255 e. The van der Waals surface area contributed by atoms with Crippen molar-refractivity contribution in [1.29, 1.82) is 0 Å². The predicted molar refractivity (Wildman–Crippen MR) is 54.9 cm³/mol. The van der Waals surface area contributed by atoms with E-state index in [-0.39, 0.29) is 0 Å². The molecule has 0 aromatic carbocycles. The molecule has 1 rings (SSSR count). The van der Waals surface area contributed by atoms with E-state index in [1.807, 2.05) is 0 Å².